The number of anilines is 1. The fourth-order valence-corrected chi connectivity index (χ4v) is 1.30. The maximum Gasteiger partial charge on any atom is 0.433 e. The number of rotatable bonds is 3. The van der Waals surface area contributed by atoms with Crippen LogP contribution in [0.25, 0.3) is 0 Å². The van der Waals surface area contributed by atoms with Crippen LogP contribution in [0.3, 0.4) is 0 Å². The number of hydrogen-bond acceptors (Lipinski definition) is 3. The summed E-state index contributed by atoms with van der Waals surface area (Å²) in [6, 6.07) is 0.421. The highest BCUT2D eigenvalue weighted by molar-refractivity contribution is 5.71. The Bertz CT molecular complexity index is 473. The van der Waals surface area contributed by atoms with Gasteiger partial charge in [0.2, 0.25) is 0 Å². The number of hydrogen-bond donors (Lipinski definition) is 2. The molecule has 0 atom stereocenters. The summed E-state index contributed by atoms with van der Waals surface area (Å²) < 4.78 is 62.4. The van der Waals surface area contributed by atoms with E-state index >= 15 is 0 Å². The van der Waals surface area contributed by atoms with Gasteiger partial charge in [-0.05, 0) is 11.6 Å². The number of nitrogens with zero attached hydrogens (tertiary/aromatic N) is 1. The fraction of sp³-hybridized carbons (Fsp3) is 0.333. The van der Waals surface area contributed by atoms with Crippen molar-refractivity contribution in [2.24, 2.45) is 0 Å². The van der Waals surface area contributed by atoms with E-state index in [1.807, 2.05) is 0 Å². The van der Waals surface area contributed by atoms with Crippen molar-refractivity contribution in [2.75, 3.05) is 5.73 Å². The van der Waals surface area contributed by atoms with Crippen LogP contribution >= 0.6 is 0 Å². The Kier molecular flexibility index (Phi) is 3.73. The minimum Gasteiger partial charge on any atom is -0.481 e. The molecule has 0 amide bonds. The number of halogens is 5. The van der Waals surface area contributed by atoms with Gasteiger partial charge in [0.25, 0.3) is 6.43 Å². The lowest BCUT2D eigenvalue weighted by atomic mass is 10.1. The molecule has 0 aliphatic carbocycles. The summed E-state index contributed by atoms with van der Waals surface area (Å²) in [5, 5.41) is 8.44. The molecule has 0 fully saturated rings. The maximum atomic E-state index is 12.5. The molecule has 0 aliphatic heterocycles. The summed E-state index contributed by atoms with van der Waals surface area (Å²) >= 11 is 0. The lowest BCUT2D eigenvalue weighted by Gasteiger charge is -2.14. The second kappa shape index (κ2) is 4.75. The first-order valence-electron chi connectivity index (χ1n) is 4.49. The molecule has 1 rings (SSSR count). The predicted octanol–water partition coefficient (Wildman–Crippen LogP) is 2.25. The molecule has 3 N–H and O–H groups in total. The van der Waals surface area contributed by atoms with Crippen LogP contribution in [0.4, 0.5) is 27.8 Å². The molecule has 18 heavy (non-hydrogen) atoms. The average molecular weight is 270 g/mol. The van der Waals surface area contributed by atoms with Crippen LogP contribution in [0.1, 0.15) is 23.2 Å². The molecule has 100 valence electrons. The number of aliphatic carboxylic acids is 1. The van der Waals surface area contributed by atoms with E-state index in [1.165, 1.54) is 0 Å². The molecule has 0 radical (unpaired) electrons. The minimum absolute atomic E-state index is 0.421. The van der Waals surface area contributed by atoms with Crippen molar-refractivity contribution >= 4 is 11.8 Å². The van der Waals surface area contributed by atoms with Crippen LogP contribution in [-0.2, 0) is 17.4 Å². The smallest absolute Gasteiger partial charge is 0.433 e. The molecule has 0 saturated carbocycles. The van der Waals surface area contributed by atoms with Crippen molar-refractivity contribution < 1.29 is 31.9 Å². The topological polar surface area (TPSA) is 76.2 Å². The summed E-state index contributed by atoms with van der Waals surface area (Å²) in [4.78, 5) is 13.2. The summed E-state index contributed by atoms with van der Waals surface area (Å²) in [6.07, 6.45) is -9.16. The van der Waals surface area contributed by atoms with E-state index in [1.54, 1.807) is 0 Å². The number of alkyl halides is 5. The maximum absolute atomic E-state index is 12.5. The number of nitrogens with two attached hydrogens (primary N) is 1. The van der Waals surface area contributed by atoms with Gasteiger partial charge in [0.1, 0.15) is 5.82 Å². The van der Waals surface area contributed by atoms with E-state index in [0.29, 0.717) is 6.07 Å². The highest BCUT2D eigenvalue weighted by atomic mass is 19.4. The summed E-state index contributed by atoms with van der Waals surface area (Å²) in [5.41, 5.74) is 1.65. The number of nitrogen functional groups attached to an aromatic ring is 1. The summed E-state index contributed by atoms with van der Waals surface area (Å²) in [6.45, 7) is 0. The number of carboxylic acid groups (broad SMARTS) is 1. The standard InChI is InChI=1S/C9H7F5N2O2/c10-7(11)4-1-3(2-5(17)18)6(9(12,13)14)16-8(4)15/h1,7H,2H2,(H2,15,16)(H,17,18). The van der Waals surface area contributed by atoms with Crippen molar-refractivity contribution in [1.82, 2.24) is 4.98 Å². The monoisotopic (exact) mass is 270 g/mol. The lowest BCUT2D eigenvalue weighted by molar-refractivity contribution is -0.142. The number of carbonyl (C=O) groups is 1. The second-order valence-corrected chi connectivity index (χ2v) is 3.34. The summed E-state index contributed by atoms with van der Waals surface area (Å²) in [5.74, 6) is -2.56. The molecule has 0 spiro atoms. The Hall–Kier alpha value is -1.93. The van der Waals surface area contributed by atoms with E-state index < -0.39 is 47.6 Å². The van der Waals surface area contributed by atoms with Crippen LogP contribution in [0.15, 0.2) is 6.07 Å². The van der Waals surface area contributed by atoms with Crippen molar-refractivity contribution in [2.45, 2.75) is 19.0 Å². The third kappa shape index (κ3) is 3.05. The van der Waals surface area contributed by atoms with Crippen molar-refractivity contribution in [1.29, 1.82) is 0 Å². The third-order valence-electron chi connectivity index (χ3n) is 2.01. The molecule has 0 bridgehead atoms. The first kappa shape index (κ1) is 14.1. The van der Waals surface area contributed by atoms with Gasteiger partial charge in [0, 0.05) is 0 Å². The van der Waals surface area contributed by atoms with E-state index in [2.05, 4.69) is 4.98 Å². The second-order valence-electron chi connectivity index (χ2n) is 3.34. The van der Waals surface area contributed by atoms with E-state index in [4.69, 9.17) is 10.8 Å². The SMILES string of the molecule is Nc1nc(C(F)(F)F)c(CC(=O)O)cc1C(F)F. The number of aromatic nitrogens is 1. The average Bonchev–Trinajstić information content (AvgIpc) is 2.17. The van der Waals surface area contributed by atoms with Gasteiger partial charge < -0.3 is 10.8 Å². The largest absolute Gasteiger partial charge is 0.481 e. The molecule has 1 aromatic heterocycles. The minimum atomic E-state index is -4.96. The molecule has 4 nitrogen and oxygen atoms in total. The van der Waals surface area contributed by atoms with Gasteiger partial charge in [-0.2, -0.15) is 13.2 Å². The zero-order valence-electron chi connectivity index (χ0n) is 8.63. The predicted molar refractivity (Wildman–Crippen MR) is 49.9 cm³/mol. The number of carboxylic acids is 1. The van der Waals surface area contributed by atoms with Gasteiger partial charge in [0.05, 0.1) is 12.0 Å². The molecule has 0 saturated heterocycles. The highest BCUT2D eigenvalue weighted by Gasteiger charge is 2.37. The van der Waals surface area contributed by atoms with Gasteiger partial charge in [-0.25, -0.2) is 13.8 Å². The van der Waals surface area contributed by atoms with E-state index in [-0.39, 0.29) is 0 Å². The van der Waals surface area contributed by atoms with Gasteiger partial charge in [-0.15, -0.1) is 0 Å². The van der Waals surface area contributed by atoms with Crippen molar-refractivity contribution in [3.05, 3.63) is 22.9 Å². The highest BCUT2D eigenvalue weighted by Crippen LogP contribution is 2.34. The zero-order valence-corrected chi connectivity index (χ0v) is 8.63. The molecule has 0 unspecified atom stereocenters. The molecule has 1 heterocycles. The van der Waals surface area contributed by atoms with Crippen molar-refractivity contribution in [3.8, 4) is 0 Å². The van der Waals surface area contributed by atoms with Crippen LogP contribution in [-0.4, -0.2) is 16.1 Å². The Balaban J connectivity index is 3.42. The molecule has 1 aromatic rings. The van der Waals surface area contributed by atoms with Crippen molar-refractivity contribution in [3.63, 3.8) is 0 Å². The van der Waals surface area contributed by atoms with Crippen LogP contribution in [0.5, 0.6) is 0 Å². The Morgan fingerprint density at radius 2 is 2.00 bits per heavy atom. The van der Waals surface area contributed by atoms with Gasteiger partial charge in [-0.3, -0.25) is 4.79 Å². The van der Waals surface area contributed by atoms with Crippen LogP contribution in [0, 0.1) is 0 Å². The van der Waals surface area contributed by atoms with E-state index in [9.17, 15) is 26.7 Å². The van der Waals surface area contributed by atoms with Gasteiger partial charge >= 0.3 is 12.1 Å². The summed E-state index contributed by atoms with van der Waals surface area (Å²) in [7, 11) is 0. The molecule has 9 heteroatoms. The first-order chi connectivity index (χ1) is 8.12. The normalized spacial score (nSPS) is 11.9. The van der Waals surface area contributed by atoms with E-state index in [0.717, 1.165) is 0 Å². The fourth-order valence-electron chi connectivity index (χ4n) is 1.30. The van der Waals surface area contributed by atoms with Gasteiger partial charge in [-0.1, -0.05) is 0 Å². The molecule has 0 aliphatic rings. The third-order valence-corrected chi connectivity index (χ3v) is 2.01. The van der Waals surface area contributed by atoms with Crippen LogP contribution in [0.2, 0.25) is 0 Å². The van der Waals surface area contributed by atoms with Crippen LogP contribution < -0.4 is 5.73 Å². The molecule has 0 aromatic carbocycles. The lowest BCUT2D eigenvalue weighted by Crippen LogP contribution is -2.17. The zero-order chi connectivity index (χ0) is 14.1. The number of pyridine rings is 1. The molecular weight excluding hydrogens is 263 g/mol. The first-order valence-corrected chi connectivity index (χ1v) is 4.49. The molecular formula is C9H7F5N2O2. The Labute approximate surface area is 97.2 Å². The quantitative estimate of drug-likeness (QED) is 0.826. The van der Waals surface area contributed by atoms with Gasteiger partial charge in [0.15, 0.2) is 5.69 Å². The Morgan fingerprint density at radius 3 is 2.39 bits per heavy atom. The Morgan fingerprint density at radius 1 is 1.44 bits per heavy atom.